The molecule has 2 rings (SSSR count). The summed E-state index contributed by atoms with van der Waals surface area (Å²) < 4.78 is 19.8. The summed E-state index contributed by atoms with van der Waals surface area (Å²) in [6.07, 6.45) is 3.20. The van der Waals surface area contributed by atoms with Crippen LogP contribution in [0.4, 0.5) is 4.39 Å². The van der Waals surface area contributed by atoms with E-state index < -0.39 is 0 Å². The van der Waals surface area contributed by atoms with E-state index in [-0.39, 0.29) is 5.82 Å². The van der Waals surface area contributed by atoms with Crippen LogP contribution in [0.3, 0.4) is 0 Å². The molecule has 1 unspecified atom stereocenters. The molecule has 1 aromatic rings. The highest BCUT2D eigenvalue weighted by Gasteiger charge is 2.12. The van der Waals surface area contributed by atoms with Crippen LogP contribution in [0.1, 0.15) is 24.8 Å². The summed E-state index contributed by atoms with van der Waals surface area (Å²) >= 11 is 3.36. The molecular formula is C13H17BrFNO. The number of halogens is 2. The lowest BCUT2D eigenvalue weighted by Gasteiger charge is -2.16. The van der Waals surface area contributed by atoms with E-state index in [0.717, 1.165) is 36.9 Å². The van der Waals surface area contributed by atoms with Crippen molar-refractivity contribution in [3.63, 3.8) is 0 Å². The lowest BCUT2D eigenvalue weighted by Crippen LogP contribution is -2.29. The molecule has 0 aromatic heterocycles. The summed E-state index contributed by atoms with van der Waals surface area (Å²) in [7, 11) is 0. The fourth-order valence-electron chi connectivity index (χ4n) is 2.04. The Labute approximate surface area is 110 Å². The molecule has 4 heteroatoms. The summed E-state index contributed by atoms with van der Waals surface area (Å²) in [6.45, 7) is 2.23. The minimum Gasteiger partial charge on any atom is -0.381 e. The minimum absolute atomic E-state index is 0.148. The summed E-state index contributed by atoms with van der Waals surface area (Å²) in [6, 6.07) is 5.49. The smallest absolute Gasteiger partial charge is 0.127 e. The average Bonchev–Trinajstić information content (AvgIpc) is 2.59. The number of hydrogen-bond acceptors (Lipinski definition) is 2. The van der Waals surface area contributed by atoms with Crippen LogP contribution >= 0.6 is 15.9 Å². The number of nitrogens with one attached hydrogen (secondary N) is 1. The second-order valence-electron chi connectivity index (χ2n) is 4.36. The van der Waals surface area contributed by atoms with Crippen molar-refractivity contribution in [3.05, 3.63) is 34.1 Å². The van der Waals surface area contributed by atoms with Crippen LogP contribution in [-0.4, -0.2) is 19.3 Å². The van der Waals surface area contributed by atoms with E-state index in [1.807, 2.05) is 6.07 Å². The molecule has 1 aliphatic heterocycles. The van der Waals surface area contributed by atoms with Gasteiger partial charge < -0.3 is 10.1 Å². The van der Waals surface area contributed by atoms with E-state index in [4.69, 9.17) is 4.74 Å². The first-order chi connectivity index (χ1) is 8.25. The van der Waals surface area contributed by atoms with Gasteiger partial charge in [0.25, 0.3) is 0 Å². The van der Waals surface area contributed by atoms with Crippen molar-refractivity contribution >= 4 is 15.9 Å². The maximum atomic E-state index is 13.5. The van der Waals surface area contributed by atoms with Crippen molar-refractivity contribution in [2.24, 2.45) is 0 Å². The quantitative estimate of drug-likeness (QED) is 0.925. The highest BCUT2D eigenvalue weighted by atomic mass is 79.9. The minimum atomic E-state index is -0.148. The molecule has 1 aliphatic rings. The molecule has 17 heavy (non-hydrogen) atoms. The lowest BCUT2D eigenvalue weighted by molar-refractivity contribution is 0.142. The lowest BCUT2D eigenvalue weighted by atomic mass is 10.1. The van der Waals surface area contributed by atoms with E-state index in [9.17, 15) is 4.39 Å². The Morgan fingerprint density at radius 3 is 3.12 bits per heavy atom. The summed E-state index contributed by atoms with van der Waals surface area (Å²) in [4.78, 5) is 0. The van der Waals surface area contributed by atoms with E-state index in [1.165, 1.54) is 6.07 Å². The molecular weight excluding hydrogens is 285 g/mol. The number of hydrogen-bond donors (Lipinski definition) is 1. The van der Waals surface area contributed by atoms with Crippen molar-refractivity contribution < 1.29 is 9.13 Å². The fourth-order valence-corrected chi connectivity index (χ4v) is 2.45. The van der Waals surface area contributed by atoms with E-state index in [1.54, 1.807) is 6.07 Å². The van der Waals surface area contributed by atoms with Crippen LogP contribution in [0, 0.1) is 5.82 Å². The third kappa shape index (κ3) is 4.05. The molecule has 1 N–H and O–H groups in total. The maximum Gasteiger partial charge on any atom is 0.127 e. The van der Waals surface area contributed by atoms with Gasteiger partial charge in [-0.2, -0.15) is 0 Å². The number of ether oxygens (including phenoxy) is 1. The highest BCUT2D eigenvalue weighted by molar-refractivity contribution is 9.10. The Hall–Kier alpha value is -0.450. The Morgan fingerprint density at radius 2 is 2.24 bits per heavy atom. The number of rotatable bonds is 3. The molecule has 0 spiro atoms. The molecule has 94 valence electrons. The summed E-state index contributed by atoms with van der Waals surface area (Å²) in [5.74, 6) is -0.148. The van der Waals surface area contributed by atoms with Gasteiger partial charge in [-0.15, -0.1) is 0 Å². The molecule has 1 heterocycles. The molecule has 0 amide bonds. The molecule has 0 bridgehead atoms. The molecule has 1 aromatic carbocycles. The zero-order valence-electron chi connectivity index (χ0n) is 9.72. The first-order valence-corrected chi connectivity index (χ1v) is 6.80. The SMILES string of the molecule is Fc1ccc(Br)cc1CNC1CCCOCC1. The molecule has 0 radical (unpaired) electrons. The van der Waals surface area contributed by atoms with Crippen molar-refractivity contribution in [1.29, 1.82) is 0 Å². The van der Waals surface area contributed by atoms with Gasteiger partial charge in [-0.05, 0) is 37.5 Å². The van der Waals surface area contributed by atoms with Gasteiger partial charge in [0.15, 0.2) is 0 Å². The first-order valence-electron chi connectivity index (χ1n) is 6.01. The zero-order valence-corrected chi connectivity index (χ0v) is 11.3. The van der Waals surface area contributed by atoms with Crippen LogP contribution in [0.5, 0.6) is 0 Å². The van der Waals surface area contributed by atoms with Gasteiger partial charge in [-0.3, -0.25) is 0 Å². The molecule has 0 saturated carbocycles. The third-order valence-electron chi connectivity index (χ3n) is 3.04. The van der Waals surface area contributed by atoms with Gasteiger partial charge in [-0.25, -0.2) is 4.39 Å². The molecule has 0 aliphatic carbocycles. The van der Waals surface area contributed by atoms with Gasteiger partial charge in [0, 0.05) is 35.8 Å². The Kier molecular flexibility index (Phi) is 4.95. The van der Waals surface area contributed by atoms with Gasteiger partial charge in [0.05, 0.1) is 0 Å². The van der Waals surface area contributed by atoms with Crippen molar-refractivity contribution in [1.82, 2.24) is 5.32 Å². The molecule has 2 nitrogen and oxygen atoms in total. The predicted octanol–water partition coefficient (Wildman–Crippen LogP) is 3.25. The Balaban J connectivity index is 1.89. The van der Waals surface area contributed by atoms with Gasteiger partial charge in [-0.1, -0.05) is 15.9 Å². The average molecular weight is 302 g/mol. The highest BCUT2D eigenvalue weighted by Crippen LogP contribution is 2.16. The molecule has 1 saturated heterocycles. The van der Waals surface area contributed by atoms with Crippen LogP contribution < -0.4 is 5.32 Å². The molecule has 1 atom stereocenters. The molecule has 1 fully saturated rings. The Bertz CT molecular complexity index is 364. The van der Waals surface area contributed by atoms with Crippen LogP contribution in [0.2, 0.25) is 0 Å². The van der Waals surface area contributed by atoms with Crippen LogP contribution in [0.25, 0.3) is 0 Å². The van der Waals surface area contributed by atoms with Gasteiger partial charge in [0.1, 0.15) is 5.82 Å². The normalized spacial score (nSPS) is 21.2. The largest absolute Gasteiger partial charge is 0.381 e. The van der Waals surface area contributed by atoms with Crippen LogP contribution in [-0.2, 0) is 11.3 Å². The standard InChI is InChI=1S/C13H17BrFNO/c14-11-3-4-13(15)10(8-11)9-16-12-2-1-6-17-7-5-12/h3-4,8,12,16H,1-2,5-7,9H2. The van der Waals surface area contributed by atoms with Gasteiger partial charge >= 0.3 is 0 Å². The van der Waals surface area contributed by atoms with E-state index in [0.29, 0.717) is 18.2 Å². The second-order valence-corrected chi connectivity index (χ2v) is 5.27. The maximum absolute atomic E-state index is 13.5. The zero-order chi connectivity index (χ0) is 12.1. The summed E-state index contributed by atoms with van der Waals surface area (Å²) in [5, 5.41) is 3.41. The third-order valence-corrected chi connectivity index (χ3v) is 3.53. The monoisotopic (exact) mass is 301 g/mol. The first kappa shape index (κ1) is 13.0. The van der Waals surface area contributed by atoms with Crippen molar-refractivity contribution in [2.75, 3.05) is 13.2 Å². The topological polar surface area (TPSA) is 21.3 Å². The van der Waals surface area contributed by atoms with Gasteiger partial charge in [0.2, 0.25) is 0 Å². The fraction of sp³-hybridized carbons (Fsp3) is 0.538. The number of benzene rings is 1. The second kappa shape index (κ2) is 6.47. The van der Waals surface area contributed by atoms with Crippen molar-refractivity contribution in [3.8, 4) is 0 Å². The van der Waals surface area contributed by atoms with Crippen LogP contribution in [0.15, 0.2) is 22.7 Å². The predicted molar refractivity (Wildman–Crippen MR) is 69.4 cm³/mol. The summed E-state index contributed by atoms with van der Waals surface area (Å²) in [5.41, 5.74) is 0.713. The van der Waals surface area contributed by atoms with Crippen molar-refractivity contribution in [2.45, 2.75) is 31.8 Å². The van der Waals surface area contributed by atoms with E-state index >= 15 is 0 Å². The Morgan fingerprint density at radius 1 is 1.35 bits per heavy atom. The van der Waals surface area contributed by atoms with E-state index in [2.05, 4.69) is 21.2 Å².